The molecule has 1 saturated heterocycles. The van der Waals surface area contributed by atoms with Crippen molar-refractivity contribution in [1.29, 1.82) is 0 Å². The Morgan fingerprint density at radius 3 is 2.43 bits per heavy atom. The molecule has 4 heterocycles. The molecule has 5 rings (SSSR count). The van der Waals surface area contributed by atoms with Crippen molar-refractivity contribution in [2.24, 2.45) is 4.99 Å². The SMILES string of the molecule is COC(=O)C1=C(C(=O)OC)C2Nc3ccccc3[C@@]23CC(C(=O)OC)N(C(=O)c2ccco2)C3=N1. The molecule has 1 aromatic carbocycles. The summed E-state index contributed by atoms with van der Waals surface area (Å²) < 4.78 is 20.2. The van der Waals surface area contributed by atoms with Crippen LogP contribution in [0.2, 0.25) is 0 Å². The number of nitrogens with zero attached hydrogens (tertiary/aromatic N) is 2. The van der Waals surface area contributed by atoms with Crippen LogP contribution in [0.15, 0.2) is 63.3 Å². The van der Waals surface area contributed by atoms with Crippen molar-refractivity contribution >= 4 is 35.3 Å². The molecule has 1 N–H and O–H groups in total. The quantitative estimate of drug-likeness (QED) is 0.510. The highest BCUT2D eigenvalue weighted by Crippen LogP contribution is 2.55. The summed E-state index contributed by atoms with van der Waals surface area (Å²) in [6.07, 6.45) is 1.37. The fourth-order valence-electron chi connectivity index (χ4n) is 5.19. The highest BCUT2D eigenvalue weighted by atomic mass is 16.5. The smallest absolute Gasteiger partial charge is 0.357 e. The minimum absolute atomic E-state index is 0.0307. The summed E-state index contributed by atoms with van der Waals surface area (Å²) in [4.78, 5) is 58.0. The van der Waals surface area contributed by atoms with Gasteiger partial charge >= 0.3 is 17.9 Å². The third kappa shape index (κ3) is 3.00. The lowest BCUT2D eigenvalue weighted by Crippen LogP contribution is -2.53. The summed E-state index contributed by atoms with van der Waals surface area (Å²) in [5.41, 5.74) is -0.182. The van der Waals surface area contributed by atoms with Gasteiger partial charge in [0.1, 0.15) is 11.9 Å². The molecule has 1 fully saturated rings. The van der Waals surface area contributed by atoms with Crippen LogP contribution < -0.4 is 5.32 Å². The fraction of sp³-hybridized carbons (Fsp3) is 0.292. The van der Waals surface area contributed by atoms with Crippen LogP contribution in [0.25, 0.3) is 0 Å². The third-order valence-electron chi connectivity index (χ3n) is 6.62. The van der Waals surface area contributed by atoms with E-state index in [-0.39, 0.29) is 29.3 Å². The van der Waals surface area contributed by atoms with Crippen molar-refractivity contribution in [2.45, 2.75) is 23.9 Å². The predicted molar refractivity (Wildman–Crippen MR) is 119 cm³/mol. The number of hydrogen-bond acceptors (Lipinski definition) is 10. The zero-order valence-electron chi connectivity index (χ0n) is 19.1. The first kappa shape index (κ1) is 22.4. The van der Waals surface area contributed by atoms with Gasteiger partial charge in [-0.05, 0) is 30.2 Å². The summed E-state index contributed by atoms with van der Waals surface area (Å²) in [5, 5.41) is 3.28. The summed E-state index contributed by atoms with van der Waals surface area (Å²) in [5.74, 6) is -2.94. The van der Waals surface area contributed by atoms with Crippen LogP contribution in [0, 0.1) is 0 Å². The lowest BCUT2D eigenvalue weighted by Gasteiger charge is -2.36. The first-order valence-electron chi connectivity index (χ1n) is 10.7. The van der Waals surface area contributed by atoms with Crippen molar-refractivity contribution in [3.05, 3.63) is 65.3 Å². The van der Waals surface area contributed by atoms with E-state index < -0.39 is 41.3 Å². The molecule has 1 amide bonds. The van der Waals surface area contributed by atoms with Gasteiger partial charge in [0.15, 0.2) is 11.5 Å². The minimum atomic E-state index is -1.17. The molecule has 0 radical (unpaired) electrons. The third-order valence-corrected chi connectivity index (χ3v) is 6.62. The van der Waals surface area contributed by atoms with E-state index >= 15 is 0 Å². The van der Waals surface area contributed by atoms with Gasteiger partial charge in [0.05, 0.1) is 44.6 Å². The Bertz CT molecular complexity index is 1310. The molecule has 3 aliphatic heterocycles. The molecule has 0 saturated carbocycles. The zero-order chi connectivity index (χ0) is 24.9. The fourth-order valence-corrected chi connectivity index (χ4v) is 5.19. The van der Waals surface area contributed by atoms with E-state index in [1.807, 2.05) is 6.07 Å². The van der Waals surface area contributed by atoms with Gasteiger partial charge in [0, 0.05) is 5.69 Å². The Hall–Kier alpha value is -4.41. The number of rotatable bonds is 4. The number of likely N-dealkylation sites (tertiary alicyclic amines) is 1. The molecule has 0 aliphatic carbocycles. The number of methoxy groups -OCH3 is 3. The number of para-hydroxylation sites is 1. The van der Waals surface area contributed by atoms with E-state index in [2.05, 4.69) is 10.3 Å². The average Bonchev–Trinajstić information content (AvgIpc) is 3.61. The summed E-state index contributed by atoms with van der Waals surface area (Å²) in [7, 11) is 3.56. The van der Waals surface area contributed by atoms with Gasteiger partial charge in [-0.15, -0.1) is 0 Å². The predicted octanol–water partition coefficient (Wildman–Crippen LogP) is 1.41. The van der Waals surface area contributed by atoms with Crippen molar-refractivity contribution in [2.75, 3.05) is 26.6 Å². The Morgan fingerprint density at radius 1 is 1.03 bits per heavy atom. The van der Waals surface area contributed by atoms with Gasteiger partial charge in [-0.3, -0.25) is 9.69 Å². The molecule has 1 spiro atoms. The summed E-state index contributed by atoms with van der Waals surface area (Å²) >= 11 is 0. The highest BCUT2D eigenvalue weighted by molar-refractivity contribution is 6.19. The van der Waals surface area contributed by atoms with Crippen LogP contribution in [-0.4, -0.2) is 68.0 Å². The topological polar surface area (TPSA) is 137 Å². The minimum Gasteiger partial charge on any atom is -0.467 e. The van der Waals surface area contributed by atoms with Crippen LogP contribution in [0.3, 0.4) is 0 Å². The number of ether oxygens (including phenoxy) is 3. The molecule has 11 heteroatoms. The number of nitrogens with one attached hydrogen (secondary N) is 1. The Labute approximate surface area is 199 Å². The van der Waals surface area contributed by atoms with Crippen LogP contribution in [0.5, 0.6) is 0 Å². The molecule has 0 bridgehead atoms. The number of amidine groups is 1. The van der Waals surface area contributed by atoms with Crippen molar-refractivity contribution in [3.8, 4) is 0 Å². The van der Waals surface area contributed by atoms with Crippen molar-refractivity contribution in [1.82, 2.24) is 4.90 Å². The first-order chi connectivity index (χ1) is 16.9. The first-order valence-corrected chi connectivity index (χ1v) is 10.7. The summed E-state index contributed by atoms with van der Waals surface area (Å²) in [6, 6.07) is 8.24. The Kier molecular flexibility index (Phi) is 5.19. The number of esters is 3. The molecule has 2 unspecified atom stereocenters. The maximum Gasteiger partial charge on any atom is 0.357 e. The van der Waals surface area contributed by atoms with Gasteiger partial charge in [0.25, 0.3) is 5.91 Å². The molecule has 35 heavy (non-hydrogen) atoms. The standard InChI is InChI=1S/C24H21N3O8/c1-32-20(29)14-11-24-12-7-4-5-8-13(12)25-18(24)16(21(30)33-2)17(22(31)34-3)26-23(24)27(14)19(28)15-9-6-10-35-15/h4-10,14,18,25H,11H2,1-3H3/t14?,18?,24-/m0/s1. The lowest BCUT2D eigenvalue weighted by atomic mass is 9.69. The molecular weight excluding hydrogens is 458 g/mol. The van der Waals surface area contributed by atoms with Crippen LogP contribution >= 0.6 is 0 Å². The van der Waals surface area contributed by atoms with Crippen LogP contribution in [0.4, 0.5) is 5.69 Å². The second-order valence-corrected chi connectivity index (χ2v) is 8.17. The van der Waals surface area contributed by atoms with Gasteiger partial charge in [-0.25, -0.2) is 19.4 Å². The largest absolute Gasteiger partial charge is 0.467 e. The van der Waals surface area contributed by atoms with Crippen LogP contribution in [0.1, 0.15) is 22.5 Å². The number of amides is 1. The normalized spacial score (nSPS) is 24.0. The van der Waals surface area contributed by atoms with E-state index in [4.69, 9.17) is 18.6 Å². The Balaban J connectivity index is 1.82. The van der Waals surface area contributed by atoms with E-state index in [0.717, 1.165) is 7.11 Å². The number of fused-ring (bicyclic) bond motifs is 1. The van der Waals surface area contributed by atoms with Crippen molar-refractivity contribution < 1.29 is 37.8 Å². The van der Waals surface area contributed by atoms with Gasteiger partial charge in [-0.2, -0.15) is 0 Å². The number of carbonyl (C=O) groups excluding carboxylic acids is 4. The van der Waals surface area contributed by atoms with Crippen LogP contribution in [-0.2, 0) is 34.0 Å². The van der Waals surface area contributed by atoms with Crippen molar-refractivity contribution in [3.63, 3.8) is 0 Å². The molecule has 1 aromatic heterocycles. The highest BCUT2D eigenvalue weighted by Gasteiger charge is 2.66. The lowest BCUT2D eigenvalue weighted by molar-refractivity contribution is -0.144. The van der Waals surface area contributed by atoms with E-state index in [1.54, 1.807) is 24.3 Å². The second-order valence-electron chi connectivity index (χ2n) is 8.17. The molecule has 180 valence electrons. The molecule has 11 nitrogen and oxygen atoms in total. The van der Waals surface area contributed by atoms with Gasteiger partial charge in [-0.1, -0.05) is 18.2 Å². The summed E-state index contributed by atoms with van der Waals surface area (Å²) in [6.45, 7) is 0. The van der Waals surface area contributed by atoms with Gasteiger partial charge in [0.2, 0.25) is 0 Å². The average molecular weight is 479 g/mol. The number of benzene rings is 1. The Morgan fingerprint density at radius 2 is 1.77 bits per heavy atom. The molecular formula is C24H21N3O8. The number of aliphatic imine (C=N–C) groups is 1. The monoisotopic (exact) mass is 479 g/mol. The maximum atomic E-state index is 13.6. The van der Waals surface area contributed by atoms with E-state index in [0.29, 0.717) is 11.3 Å². The maximum absolute atomic E-state index is 13.6. The number of hydrogen-bond donors (Lipinski definition) is 1. The van der Waals surface area contributed by atoms with Gasteiger partial charge < -0.3 is 23.9 Å². The second kappa shape index (κ2) is 8.12. The molecule has 3 aliphatic rings. The van der Waals surface area contributed by atoms with E-state index in [9.17, 15) is 19.2 Å². The molecule has 2 aromatic rings. The molecule has 3 atom stereocenters. The number of carbonyl (C=O) groups is 4. The number of furan rings is 1. The van der Waals surface area contributed by atoms with E-state index in [1.165, 1.54) is 31.4 Å². The number of anilines is 1. The zero-order valence-corrected chi connectivity index (χ0v) is 19.1.